The first-order valence-corrected chi connectivity index (χ1v) is 8.54. The summed E-state index contributed by atoms with van der Waals surface area (Å²) in [5.41, 5.74) is 2.27. The van der Waals surface area contributed by atoms with Gasteiger partial charge in [0.05, 0.1) is 18.4 Å². The van der Waals surface area contributed by atoms with E-state index in [1.54, 1.807) is 11.9 Å². The molecule has 3 fully saturated rings. The minimum atomic E-state index is -0.0617. The van der Waals surface area contributed by atoms with Gasteiger partial charge in [0.15, 0.2) is 0 Å². The van der Waals surface area contributed by atoms with Crippen LogP contribution >= 0.6 is 0 Å². The molecule has 1 aromatic rings. The van der Waals surface area contributed by atoms with Gasteiger partial charge in [-0.25, -0.2) is 5.01 Å². The highest BCUT2D eigenvalue weighted by molar-refractivity contribution is 5.97. The molecule has 0 aromatic heterocycles. The predicted molar refractivity (Wildman–Crippen MR) is 88.4 cm³/mol. The van der Waals surface area contributed by atoms with Crippen LogP contribution in [-0.2, 0) is 4.79 Å². The molecule has 4 heterocycles. The summed E-state index contributed by atoms with van der Waals surface area (Å²) < 4.78 is 5.83. The molecule has 4 aliphatic heterocycles. The SMILES string of the molecule is CCOc1ccccc1C1C2C(=NN1C(C)=O)C1CCN2CC1. The van der Waals surface area contributed by atoms with E-state index in [0.29, 0.717) is 12.5 Å². The highest BCUT2D eigenvalue weighted by Crippen LogP contribution is 2.45. The van der Waals surface area contributed by atoms with Gasteiger partial charge in [-0.05, 0) is 38.9 Å². The third kappa shape index (κ3) is 2.26. The first-order valence-electron chi connectivity index (χ1n) is 8.54. The zero-order valence-electron chi connectivity index (χ0n) is 13.7. The second-order valence-electron chi connectivity index (χ2n) is 6.56. The number of ether oxygens (including phenoxy) is 1. The molecular formula is C18H23N3O2. The Labute approximate surface area is 136 Å². The summed E-state index contributed by atoms with van der Waals surface area (Å²) in [4.78, 5) is 14.7. The van der Waals surface area contributed by atoms with Crippen LogP contribution in [0.4, 0.5) is 0 Å². The number of para-hydroxylation sites is 1. The molecule has 0 N–H and O–H groups in total. The number of hydrogen-bond donors (Lipinski definition) is 0. The smallest absolute Gasteiger partial charge is 0.240 e. The lowest BCUT2D eigenvalue weighted by atomic mass is 9.78. The predicted octanol–water partition coefficient (Wildman–Crippen LogP) is 2.44. The van der Waals surface area contributed by atoms with E-state index in [-0.39, 0.29) is 18.0 Å². The average Bonchev–Trinajstić information content (AvgIpc) is 2.99. The number of amides is 1. The van der Waals surface area contributed by atoms with E-state index >= 15 is 0 Å². The molecule has 4 aliphatic rings. The highest BCUT2D eigenvalue weighted by atomic mass is 16.5. The minimum absolute atomic E-state index is 0.00352. The van der Waals surface area contributed by atoms with Gasteiger partial charge >= 0.3 is 0 Å². The van der Waals surface area contributed by atoms with Crippen molar-refractivity contribution in [1.82, 2.24) is 9.91 Å². The van der Waals surface area contributed by atoms with Crippen LogP contribution in [0.15, 0.2) is 29.4 Å². The number of rotatable bonds is 3. The van der Waals surface area contributed by atoms with Crippen molar-refractivity contribution in [2.75, 3.05) is 19.7 Å². The van der Waals surface area contributed by atoms with Gasteiger partial charge in [-0.15, -0.1) is 0 Å². The van der Waals surface area contributed by atoms with E-state index in [1.165, 1.54) is 18.6 Å². The third-order valence-electron chi connectivity index (χ3n) is 5.29. The van der Waals surface area contributed by atoms with Crippen molar-refractivity contribution < 1.29 is 9.53 Å². The minimum Gasteiger partial charge on any atom is -0.494 e. The van der Waals surface area contributed by atoms with Gasteiger partial charge in [0.25, 0.3) is 0 Å². The van der Waals surface area contributed by atoms with Gasteiger partial charge in [0.2, 0.25) is 5.91 Å². The van der Waals surface area contributed by atoms with E-state index in [2.05, 4.69) is 11.0 Å². The Morgan fingerprint density at radius 2 is 2.00 bits per heavy atom. The van der Waals surface area contributed by atoms with Crippen molar-refractivity contribution in [3.63, 3.8) is 0 Å². The van der Waals surface area contributed by atoms with E-state index in [1.807, 2.05) is 25.1 Å². The number of hydrogen-bond acceptors (Lipinski definition) is 4. The fourth-order valence-corrected chi connectivity index (χ4v) is 4.30. The van der Waals surface area contributed by atoms with Crippen molar-refractivity contribution in [3.05, 3.63) is 29.8 Å². The summed E-state index contributed by atoms with van der Waals surface area (Å²) in [6.07, 6.45) is 2.34. The summed E-state index contributed by atoms with van der Waals surface area (Å²) >= 11 is 0. The largest absolute Gasteiger partial charge is 0.494 e. The summed E-state index contributed by atoms with van der Waals surface area (Å²) in [5.74, 6) is 1.41. The Hall–Kier alpha value is -1.88. The number of nitrogens with zero attached hydrogens (tertiary/aromatic N) is 3. The summed E-state index contributed by atoms with van der Waals surface area (Å²) in [7, 11) is 0. The lowest BCUT2D eigenvalue weighted by Gasteiger charge is -2.46. The maximum atomic E-state index is 12.2. The Kier molecular flexibility index (Phi) is 3.60. The summed E-state index contributed by atoms with van der Waals surface area (Å²) in [6.45, 7) is 6.42. The van der Waals surface area contributed by atoms with Gasteiger partial charge < -0.3 is 4.74 Å². The second-order valence-corrected chi connectivity index (χ2v) is 6.56. The average molecular weight is 313 g/mol. The summed E-state index contributed by atoms with van der Waals surface area (Å²) in [5, 5.41) is 6.44. The number of fused-ring (bicyclic) bond motifs is 2. The molecule has 5 nitrogen and oxygen atoms in total. The third-order valence-corrected chi connectivity index (χ3v) is 5.29. The molecule has 2 bridgehead atoms. The van der Waals surface area contributed by atoms with E-state index in [4.69, 9.17) is 9.84 Å². The molecule has 5 heteroatoms. The molecule has 1 amide bonds. The molecule has 2 unspecified atom stereocenters. The van der Waals surface area contributed by atoms with Crippen molar-refractivity contribution in [2.45, 2.75) is 38.8 Å². The molecule has 0 saturated carbocycles. The number of benzene rings is 1. The zero-order valence-corrected chi connectivity index (χ0v) is 13.7. The van der Waals surface area contributed by atoms with E-state index in [0.717, 1.165) is 24.4 Å². The van der Waals surface area contributed by atoms with Crippen LogP contribution in [0.1, 0.15) is 38.3 Å². The van der Waals surface area contributed by atoms with Gasteiger partial charge in [-0.3, -0.25) is 9.69 Å². The molecule has 23 heavy (non-hydrogen) atoms. The van der Waals surface area contributed by atoms with Gasteiger partial charge in [0.1, 0.15) is 11.8 Å². The standard InChI is InChI=1S/C18H23N3O2/c1-3-23-15-7-5-4-6-14(15)17-18-16(19-21(17)12(2)22)13-8-10-20(18)11-9-13/h4-7,13,17-18H,3,8-11H2,1-2H3. The summed E-state index contributed by atoms with van der Waals surface area (Å²) in [6, 6.07) is 8.22. The van der Waals surface area contributed by atoms with Crippen LogP contribution in [0.2, 0.25) is 0 Å². The highest BCUT2D eigenvalue weighted by Gasteiger charge is 2.51. The van der Waals surface area contributed by atoms with E-state index in [9.17, 15) is 4.79 Å². The maximum Gasteiger partial charge on any atom is 0.240 e. The maximum absolute atomic E-state index is 12.2. The number of carbonyl (C=O) groups excluding carboxylic acids is 1. The second kappa shape index (κ2) is 5.64. The monoisotopic (exact) mass is 313 g/mol. The zero-order chi connectivity index (χ0) is 16.0. The van der Waals surface area contributed by atoms with Crippen molar-refractivity contribution in [1.29, 1.82) is 0 Å². The van der Waals surface area contributed by atoms with Crippen LogP contribution in [0, 0.1) is 5.92 Å². The quantitative estimate of drug-likeness (QED) is 0.861. The fourth-order valence-electron chi connectivity index (χ4n) is 4.30. The van der Waals surface area contributed by atoms with Gasteiger partial charge in [-0.2, -0.15) is 5.10 Å². The van der Waals surface area contributed by atoms with Crippen molar-refractivity contribution in [2.24, 2.45) is 11.0 Å². The first-order chi connectivity index (χ1) is 11.2. The van der Waals surface area contributed by atoms with Crippen molar-refractivity contribution in [3.8, 4) is 5.75 Å². The van der Waals surface area contributed by atoms with Crippen LogP contribution in [0.25, 0.3) is 0 Å². The Morgan fingerprint density at radius 3 is 2.70 bits per heavy atom. The van der Waals surface area contributed by atoms with Crippen molar-refractivity contribution >= 4 is 11.6 Å². The molecule has 1 aromatic carbocycles. The normalized spacial score (nSPS) is 31.7. The van der Waals surface area contributed by atoms with Gasteiger partial charge in [-0.1, -0.05) is 18.2 Å². The molecule has 122 valence electrons. The van der Waals surface area contributed by atoms with Gasteiger partial charge in [0, 0.05) is 18.4 Å². The fraction of sp³-hybridized carbons (Fsp3) is 0.556. The first kappa shape index (κ1) is 14.7. The molecule has 0 aliphatic carbocycles. The van der Waals surface area contributed by atoms with E-state index < -0.39 is 0 Å². The van der Waals surface area contributed by atoms with Crippen LogP contribution in [-0.4, -0.2) is 47.3 Å². The molecule has 3 saturated heterocycles. The lowest BCUT2D eigenvalue weighted by Crippen LogP contribution is -2.56. The molecule has 0 spiro atoms. The Balaban J connectivity index is 1.79. The van der Waals surface area contributed by atoms with Crippen LogP contribution in [0.3, 0.4) is 0 Å². The lowest BCUT2D eigenvalue weighted by molar-refractivity contribution is -0.131. The number of piperidine rings is 3. The molecule has 2 atom stereocenters. The van der Waals surface area contributed by atoms with Crippen LogP contribution < -0.4 is 4.74 Å². The number of hydrazone groups is 1. The van der Waals surface area contributed by atoms with Crippen LogP contribution in [0.5, 0.6) is 5.75 Å². The Bertz CT molecular complexity index is 649. The Morgan fingerprint density at radius 1 is 1.26 bits per heavy atom. The molecule has 0 radical (unpaired) electrons. The molecule has 5 rings (SSSR count). The molecular weight excluding hydrogens is 290 g/mol. The topological polar surface area (TPSA) is 45.1 Å². The number of carbonyl (C=O) groups is 1.